The molecular weight excluding hydrogens is 254 g/mol. The first kappa shape index (κ1) is 14.4. The molecule has 0 fully saturated rings. The molecule has 20 heavy (non-hydrogen) atoms. The Labute approximate surface area is 119 Å². The van der Waals surface area contributed by atoms with Gasteiger partial charge in [0.05, 0.1) is 13.7 Å². The summed E-state index contributed by atoms with van der Waals surface area (Å²) < 4.78 is 11.0. The Kier molecular flexibility index (Phi) is 5.04. The Morgan fingerprint density at radius 2 is 2.10 bits per heavy atom. The Bertz CT molecular complexity index is 508. The molecule has 0 unspecified atom stereocenters. The molecule has 0 heterocycles. The average molecular weight is 275 g/mol. The number of ketones is 1. The Morgan fingerprint density at radius 1 is 1.25 bits per heavy atom. The van der Waals surface area contributed by atoms with Crippen LogP contribution in [0.4, 0.5) is 5.69 Å². The maximum absolute atomic E-state index is 11.2. The predicted molar refractivity (Wildman–Crippen MR) is 79.3 cm³/mol. The lowest BCUT2D eigenvalue weighted by Gasteiger charge is -2.13. The smallest absolute Gasteiger partial charge is 0.163 e. The monoisotopic (exact) mass is 275 g/mol. The number of hydrogen-bond acceptors (Lipinski definition) is 4. The third kappa shape index (κ3) is 3.76. The summed E-state index contributed by atoms with van der Waals surface area (Å²) >= 11 is 0. The van der Waals surface area contributed by atoms with Crippen molar-refractivity contribution >= 4 is 11.5 Å². The maximum Gasteiger partial charge on any atom is 0.163 e. The first-order valence-corrected chi connectivity index (χ1v) is 7.04. The van der Waals surface area contributed by atoms with Crippen molar-refractivity contribution in [1.29, 1.82) is 0 Å². The first-order chi connectivity index (χ1) is 9.72. The number of rotatable bonds is 7. The van der Waals surface area contributed by atoms with E-state index in [9.17, 15) is 4.79 Å². The van der Waals surface area contributed by atoms with Gasteiger partial charge in [-0.05, 0) is 25.0 Å². The van der Waals surface area contributed by atoms with Crippen molar-refractivity contribution in [3.05, 3.63) is 30.0 Å². The molecular formula is C16H21NO3. The molecule has 0 saturated heterocycles. The van der Waals surface area contributed by atoms with Gasteiger partial charge in [0.2, 0.25) is 0 Å². The van der Waals surface area contributed by atoms with Gasteiger partial charge in [-0.1, -0.05) is 13.3 Å². The van der Waals surface area contributed by atoms with Gasteiger partial charge >= 0.3 is 0 Å². The van der Waals surface area contributed by atoms with Crippen molar-refractivity contribution < 1.29 is 14.3 Å². The molecule has 1 aliphatic rings. The van der Waals surface area contributed by atoms with Gasteiger partial charge in [0.15, 0.2) is 17.3 Å². The number of unbranched alkanes of at least 4 members (excludes halogenated alkanes) is 1. The molecule has 0 aromatic heterocycles. The lowest BCUT2D eigenvalue weighted by molar-refractivity contribution is -0.114. The van der Waals surface area contributed by atoms with Gasteiger partial charge in [-0.25, -0.2) is 0 Å². The highest BCUT2D eigenvalue weighted by molar-refractivity contribution is 5.93. The molecule has 0 atom stereocenters. The fraction of sp³-hybridized carbons (Fsp3) is 0.438. The maximum atomic E-state index is 11.2. The van der Waals surface area contributed by atoms with Gasteiger partial charge in [0.25, 0.3) is 0 Å². The minimum absolute atomic E-state index is 0.181. The molecule has 4 nitrogen and oxygen atoms in total. The van der Waals surface area contributed by atoms with Crippen LogP contribution in [0.5, 0.6) is 11.5 Å². The molecule has 1 aromatic rings. The van der Waals surface area contributed by atoms with Crippen molar-refractivity contribution in [3.8, 4) is 11.5 Å². The zero-order chi connectivity index (χ0) is 14.4. The van der Waals surface area contributed by atoms with Crippen molar-refractivity contribution in [2.24, 2.45) is 0 Å². The second kappa shape index (κ2) is 6.98. The zero-order valence-corrected chi connectivity index (χ0v) is 12.1. The number of anilines is 1. The second-order valence-corrected chi connectivity index (χ2v) is 4.83. The zero-order valence-electron chi connectivity index (χ0n) is 12.1. The molecule has 0 saturated carbocycles. The largest absolute Gasteiger partial charge is 0.493 e. The molecule has 0 radical (unpaired) electrons. The van der Waals surface area contributed by atoms with Crippen LogP contribution in [0, 0.1) is 0 Å². The van der Waals surface area contributed by atoms with Gasteiger partial charge in [-0.3, -0.25) is 4.79 Å². The van der Waals surface area contributed by atoms with E-state index in [2.05, 4.69) is 12.2 Å². The molecule has 1 N–H and O–H groups in total. The van der Waals surface area contributed by atoms with Crippen LogP contribution in [-0.4, -0.2) is 19.5 Å². The van der Waals surface area contributed by atoms with E-state index >= 15 is 0 Å². The fourth-order valence-electron chi connectivity index (χ4n) is 2.07. The van der Waals surface area contributed by atoms with Gasteiger partial charge in [0.1, 0.15) is 0 Å². The summed E-state index contributed by atoms with van der Waals surface area (Å²) in [4.78, 5) is 11.2. The molecule has 1 aromatic carbocycles. The molecule has 0 spiro atoms. The van der Waals surface area contributed by atoms with E-state index in [1.54, 1.807) is 13.2 Å². The van der Waals surface area contributed by atoms with Crippen LogP contribution < -0.4 is 14.8 Å². The summed E-state index contributed by atoms with van der Waals surface area (Å²) in [6, 6.07) is 5.72. The number of hydrogen-bond donors (Lipinski definition) is 1. The van der Waals surface area contributed by atoms with E-state index in [0.29, 0.717) is 13.0 Å². The van der Waals surface area contributed by atoms with E-state index in [1.807, 2.05) is 18.2 Å². The molecule has 0 amide bonds. The van der Waals surface area contributed by atoms with Crippen LogP contribution in [0.1, 0.15) is 32.6 Å². The number of methoxy groups -OCH3 is 1. The number of carbonyl (C=O) groups excluding carboxylic acids is 1. The number of carbonyl (C=O) groups is 1. The molecule has 1 aliphatic carbocycles. The lowest BCUT2D eigenvalue weighted by atomic mass is 10.2. The van der Waals surface area contributed by atoms with Gasteiger partial charge in [-0.15, -0.1) is 0 Å². The van der Waals surface area contributed by atoms with Crippen LogP contribution in [0.15, 0.2) is 30.0 Å². The van der Waals surface area contributed by atoms with E-state index in [1.165, 1.54) is 0 Å². The average Bonchev–Trinajstić information content (AvgIpc) is 2.85. The van der Waals surface area contributed by atoms with Gasteiger partial charge < -0.3 is 14.8 Å². The van der Waals surface area contributed by atoms with Crippen LogP contribution in [0.3, 0.4) is 0 Å². The van der Waals surface area contributed by atoms with Crippen LogP contribution in [0.25, 0.3) is 0 Å². The molecule has 2 rings (SSSR count). The standard InChI is InChI=1S/C16H21NO3/c1-3-4-9-20-16-11-13(6-8-15(16)19-2)17-12-5-7-14(18)10-12/h6,8,10-11,17H,3-5,7,9H2,1-2H3. The van der Waals surface area contributed by atoms with Crippen molar-refractivity contribution in [3.63, 3.8) is 0 Å². The summed E-state index contributed by atoms with van der Waals surface area (Å²) in [6.45, 7) is 2.81. The highest BCUT2D eigenvalue weighted by atomic mass is 16.5. The topological polar surface area (TPSA) is 47.6 Å². The molecule has 0 bridgehead atoms. The van der Waals surface area contributed by atoms with Crippen LogP contribution in [0.2, 0.25) is 0 Å². The van der Waals surface area contributed by atoms with Crippen molar-refractivity contribution in [1.82, 2.24) is 0 Å². The van der Waals surface area contributed by atoms with E-state index in [0.717, 1.165) is 42.1 Å². The summed E-state index contributed by atoms with van der Waals surface area (Å²) in [6.07, 6.45) is 5.15. The second-order valence-electron chi connectivity index (χ2n) is 4.83. The lowest BCUT2D eigenvalue weighted by Crippen LogP contribution is -2.01. The predicted octanol–water partition coefficient (Wildman–Crippen LogP) is 3.53. The third-order valence-corrected chi connectivity index (χ3v) is 3.20. The summed E-state index contributed by atoms with van der Waals surface area (Å²) in [5, 5.41) is 3.26. The fourth-order valence-corrected chi connectivity index (χ4v) is 2.07. The highest BCUT2D eigenvalue weighted by Gasteiger charge is 2.13. The van der Waals surface area contributed by atoms with Crippen LogP contribution in [-0.2, 0) is 4.79 Å². The van der Waals surface area contributed by atoms with Crippen molar-refractivity contribution in [2.45, 2.75) is 32.6 Å². The van der Waals surface area contributed by atoms with Gasteiger partial charge in [-0.2, -0.15) is 0 Å². The van der Waals surface area contributed by atoms with Crippen LogP contribution >= 0.6 is 0 Å². The molecule has 4 heteroatoms. The van der Waals surface area contributed by atoms with E-state index in [4.69, 9.17) is 9.47 Å². The molecule has 108 valence electrons. The number of allylic oxidation sites excluding steroid dienone is 2. The summed E-state index contributed by atoms with van der Waals surface area (Å²) in [7, 11) is 1.63. The minimum atomic E-state index is 0.181. The normalized spacial score (nSPS) is 14.1. The van der Waals surface area contributed by atoms with E-state index in [-0.39, 0.29) is 5.78 Å². The molecule has 0 aliphatic heterocycles. The quantitative estimate of drug-likeness (QED) is 0.773. The number of nitrogens with one attached hydrogen (secondary N) is 1. The first-order valence-electron chi connectivity index (χ1n) is 7.04. The third-order valence-electron chi connectivity index (χ3n) is 3.20. The van der Waals surface area contributed by atoms with Gasteiger partial charge in [0, 0.05) is 29.9 Å². The summed E-state index contributed by atoms with van der Waals surface area (Å²) in [5.74, 6) is 1.64. The minimum Gasteiger partial charge on any atom is -0.493 e. The Morgan fingerprint density at radius 3 is 2.75 bits per heavy atom. The Balaban J connectivity index is 2.08. The Hall–Kier alpha value is -1.97. The summed E-state index contributed by atoms with van der Waals surface area (Å²) in [5.41, 5.74) is 1.87. The van der Waals surface area contributed by atoms with E-state index < -0.39 is 0 Å². The SMILES string of the molecule is CCCCOc1cc(NC2=CC(=O)CC2)ccc1OC. The number of benzene rings is 1. The van der Waals surface area contributed by atoms with Crippen molar-refractivity contribution in [2.75, 3.05) is 19.0 Å². The highest BCUT2D eigenvalue weighted by Crippen LogP contribution is 2.31. The number of ether oxygens (including phenoxy) is 2.